The van der Waals surface area contributed by atoms with Gasteiger partial charge in [0, 0.05) is 17.3 Å². The lowest BCUT2D eigenvalue weighted by Gasteiger charge is -2.39. The topological polar surface area (TPSA) is 63.4 Å². The molecule has 2 aromatic carbocycles. The maximum atomic E-state index is 13.0. The third-order valence-corrected chi connectivity index (χ3v) is 6.39. The van der Waals surface area contributed by atoms with Gasteiger partial charge in [0.25, 0.3) is 10.0 Å². The number of fused-ring (bicyclic) bond motifs is 1. The fourth-order valence-electron chi connectivity index (χ4n) is 2.96. The third kappa shape index (κ3) is 2.79. The van der Waals surface area contributed by atoms with E-state index in [2.05, 4.69) is 13.8 Å². The molecule has 1 aliphatic rings. The molecule has 2 aromatic rings. The van der Waals surface area contributed by atoms with Crippen LogP contribution in [-0.4, -0.2) is 15.0 Å². The van der Waals surface area contributed by atoms with E-state index in [1.807, 2.05) is 6.07 Å². The van der Waals surface area contributed by atoms with E-state index in [1.54, 1.807) is 30.3 Å². The van der Waals surface area contributed by atoms with Gasteiger partial charge in [0.1, 0.15) is 0 Å². The van der Waals surface area contributed by atoms with Crippen molar-refractivity contribution in [3.8, 4) is 0 Å². The summed E-state index contributed by atoms with van der Waals surface area (Å²) in [7, 11) is -3.65. The summed E-state index contributed by atoms with van der Waals surface area (Å²) in [4.78, 5) is 0.207. The maximum Gasteiger partial charge on any atom is 0.264 e. The summed E-state index contributed by atoms with van der Waals surface area (Å²) in [6.07, 6.45) is 0.724. The Hall–Kier alpha value is -1.72. The van der Waals surface area contributed by atoms with Crippen LogP contribution in [0.2, 0.25) is 5.02 Å². The van der Waals surface area contributed by atoms with Crippen LogP contribution in [0.5, 0.6) is 0 Å². The zero-order valence-electron chi connectivity index (χ0n) is 13.1. The highest BCUT2D eigenvalue weighted by atomic mass is 35.5. The second-order valence-corrected chi connectivity index (χ2v) is 8.74. The van der Waals surface area contributed by atoms with Crippen molar-refractivity contribution in [1.82, 2.24) is 0 Å². The summed E-state index contributed by atoms with van der Waals surface area (Å²) in [5.41, 5.74) is 7.69. The summed E-state index contributed by atoms with van der Waals surface area (Å²) < 4.78 is 27.5. The molecular formula is C17H19ClN2O2S. The van der Waals surface area contributed by atoms with Crippen molar-refractivity contribution in [2.24, 2.45) is 0 Å². The number of rotatable bonds is 2. The first-order valence-corrected chi connectivity index (χ1v) is 9.22. The molecule has 0 saturated heterocycles. The molecule has 0 atom stereocenters. The van der Waals surface area contributed by atoms with Crippen LogP contribution in [-0.2, 0) is 15.4 Å². The normalized spacial score (nSPS) is 16.9. The number of nitrogen functional groups attached to an aromatic ring is 1. The van der Waals surface area contributed by atoms with Gasteiger partial charge in [0.05, 0.1) is 10.6 Å². The van der Waals surface area contributed by atoms with E-state index in [0.29, 0.717) is 22.9 Å². The van der Waals surface area contributed by atoms with Crippen LogP contribution in [0.25, 0.3) is 0 Å². The number of hydrogen-bond donors (Lipinski definition) is 1. The number of halogens is 1. The molecule has 0 spiro atoms. The molecule has 0 amide bonds. The quantitative estimate of drug-likeness (QED) is 0.838. The Bertz CT molecular complexity index is 863. The van der Waals surface area contributed by atoms with Gasteiger partial charge in [-0.05, 0) is 53.8 Å². The minimum absolute atomic E-state index is 0.123. The van der Waals surface area contributed by atoms with Crippen molar-refractivity contribution in [2.75, 3.05) is 16.6 Å². The standard InChI is InChI=1S/C17H19ClN2O2S/c1-17(2)8-9-20(16-7-6-12(18)10-15(16)17)23(21,22)14-5-3-4-13(19)11-14/h3-7,10-11H,8-9,19H2,1-2H3. The van der Waals surface area contributed by atoms with Crippen molar-refractivity contribution in [1.29, 1.82) is 0 Å². The monoisotopic (exact) mass is 350 g/mol. The molecule has 4 nitrogen and oxygen atoms in total. The van der Waals surface area contributed by atoms with Gasteiger partial charge in [-0.15, -0.1) is 0 Å². The zero-order chi connectivity index (χ0) is 16.8. The Morgan fingerprint density at radius 1 is 1.17 bits per heavy atom. The molecule has 2 N–H and O–H groups in total. The molecule has 6 heteroatoms. The Morgan fingerprint density at radius 2 is 1.91 bits per heavy atom. The summed E-state index contributed by atoms with van der Waals surface area (Å²) in [5.74, 6) is 0. The number of hydrogen-bond acceptors (Lipinski definition) is 3. The Kier molecular flexibility index (Phi) is 3.81. The Morgan fingerprint density at radius 3 is 2.61 bits per heavy atom. The van der Waals surface area contributed by atoms with Crippen LogP contribution in [0.1, 0.15) is 25.8 Å². The lowest BCUT2D eigenvalue weighted by atomic mass is 9.78. The number of anilines is 2. The van der Waals surface area contributed by atoms with Gasteiger partial charge in [0.15, 0.2) is 0 Å². The summed E-state index contributed by atoms with van der Waals surface area (Å²) in [6.45, 7) is 4.64. The molecule has 0 aliphatic carbocycles. The van der Waals surface area contributed by atoms with Crippen LogP contribution in [0.15, 0.2) is 47.4 Å². The SMILES string of the molecule is CC1(C)CCN(S(=O)(=O)c2cccc(N)c2)c2ccc(Cl)cc21. The molecule has 1 aliphatic heterocycles. The average Bonchev–Trinajstić information content (AvgIpc) is 2.47. The highest BCUT2D eigenvalue weighted by Gasteiger charge is 2.37. The molecule has 0 saturated carbocycles. The van der Waals surface area contributed by atoms with Crippen molar-refractivity contribution in [2.45, 2.75) is 30.6 Å². The van der Waals surface area contributed by atoms with Crippen LogP contribution in [0.3, 0.4) is 0 Å². The first-order valence-electron chi connectivity index (χ1n) is 7.40. The highest BCUT2D eigenvalue weighted by Crippen LogP contribution is 2.42. The van der Waals surface area contributed by atoms with Gasteiger partial charge >= 0.3 is 0 Å². The fourth-order valence-corrected chi connectivity index (χ4v) is 4.67. The van der Waals surface area contributed by atoms with E-state index in [0.717, 1.165) is 12.0 Å². The maximum absolute atomic E-state index is 13.0. The second-order valence-electron chi connectivity index (χ2n) is 6.45. The predicted octanol–water partition coefficient (Wildman–Crippen LogP) is 3.80. The zero-order valence-corrected chi connectivity index (χ0v) is 14.7. The van der Waals surface area contributed by atoms with Crippen molar-refractivity contribution in [3.05, 3.63) is 53.1 Å². The van der Waals surface area contributed by atoms with Gasteiger partial charge in [-0.1, -0.05) is 31.5 Å². The molecule has 1 heterocycles. The molecule has 0 bridgehead atoms. The predicted molar refractivity (Wildman–Crippen MR) is 94.5 cm³/mol. The van der Waals surface area contributed by atoms with Crippen LogP contribution in [0.4, 0.5) is 11.4 Å². The lowest BCUT2D eigenvalue weighted by Crippen LogP contribution is -2.41. The molecule has 122 valence electrons. The van der Waals surface area contributed by atoms with Gasteiger partial charge < -0.3 is 5.73 Å². The molecule has 0 unspecified atom stereocenters. The first-order chi connectivity index (χ1) is 10.7. The van der Waals surface area contributed by atoms with Crippen LogP contribution < -0.4 is 10.0 Å². The number of sulfonamides is 1. The average molecular weight is 351 g/mol. The summed E-state index contributed by atoms with van der Waals surface area (Å²) in [6, 6.07) is 11.8. The number of nitrogens with zero attached hydrogens (tertiary/aromatic N) is 1. The number of benzene rings is 2. The van der Waals surface area contributed by atoms with E-state index in [-0.39, 0.29) is 10.3 Å². The smallest absolute Gasteiger partial charge is 0.264 e. The molecule has 0 aromatic heterocycles. The van der Waals surface area contributed by atoms with E-state index >= 15 is 0 Å². The molecule has 0 radical (unpaired) electrons. The van der Waals surface area contributed by atoms with Gasteiger partial charge in [-0.25, -0.2) is 8.42 Å². The van der Waals surface area contributed by atoms with E-state index in [9.17, 15) is 8.42 Å². The number of nitrogens with two attached hydrogens (primary N) is 1. The first kappa shape index (κ1) is 16.1. The van der Waals surface area contributed by atoms with Crippen molar-refractivity contribution >= 4 is 33.0 Å². The van der Waals surface area contributed by atoms with Gasteiger partial charge in [0.2, 0.25) is 0 Å². The Labute approximate surface area is 141 Å². The van der Waals surface area contributed by atoms with Gasteiger partial charge in [-0.2, -0.15) is 0 Å². The van der Waals surface area contributed by atoms with Crippen molar-refractivity contribution in [3.63, 3.8) is 0 Å². The minimum Gasteiger partial charge on any atom is -0.399 e. The van der Waals surface area contributed by atoms with Gasteiger partial charge in [-0.3, -0.25) is 4.31 Å². The minimum atomic E-state index is -3.65. The molecular weight excluding hydrogens is 332 g/mol. The molecule has 3 rings (SSSR count). The summed E-state index contributed by atoms with van der Waals surface area (Å²) in [5, 5.41) is 0.611. The molecule has 23 heavy (non-hydrogen) atoms. The third-order valence-electron chi connectivity index (χ3n) is 4.34. The Balaban J connectivity index is 2.15. The van der Waals surface area contributed by atoms with E-state index < -0.39 is 10.0 Å². The largest absolute Gasteiger partial charge is 0.399 e. The fraction of sp³-hybridized carbons (Fsp3) is 0.294. The second kappa shape index (κ2) is 5.42. The molecule has 0 fully saturated rings. The van der Waals surface area contributed by atoms with E-state index in [4.69, 9.17) is 17.3 Å². The summed E-state index contributed by atoms with van der Waals surface area (Å²) >= 11 is 6.12. The van der Waals surface area contributed by atoms with Crippen molar-refractivity contribution < 1.29 is 8.42 Å². The highest BCUT2D eigenvalue weighted by molar-refractivity contribution is 7.92. The lowest BCUT2D eigenvalue weighted by molar-refractivity contribution is 0.467. The van der Waals surface area contributed by atoms with Crippen LogP contribution >= 0.6 is 11.6 Å². The van der Waals surface area contributed by atoms with Crippen LogP contribution in [0, 0.1) is 0 Å². The van der Waals surface area contributed by atoms with E-state index in [1.165, 1.54) is 10.4 Å².